The maximum atomic E-state index is 13.3. The van der Waals surface area contributed by atoms with E-state index in [1.807, 2.05) is 60.7 Å². The summed E-state index contributed by atoms with van der Waals surface area (Å²) in [7, 11) is -4.35. The van der Waals surface area contributed by atoms with Crippen LogP contribution in [0.1, 0.15) is 51.3 Å². The standard InChI is InChI=1S/C34H34O8S/c1-23(35)33(5,31(36)42-32(2,3)4)22-40-43(37,38)27-13-10-11-24(20-27)19-26-21-39-30-16-9-7-14-28(30)34(26)18-17-25-12-6-8-15-29(25)41-34/h6-18,20-21H,19,22H2,1-5H3. The van der Waals surface area contributed by atoms with Crippen LogP contribution in [0.2, 0.25) is 0 Å². The normalized spacial score (nSPS) is 18.8. The predicted octanol–water partition coefficient (Wildman–Crippen LogP) is 6.15. The number of ether oxygens (including phenoxy) is 3. The van der Waals surface area contributed by atoms with Gasteiger partial charge in [-0.2, -0.15) is 8.42 Å². The lowest BCUT2D eigenvalue weighted by atomic mass is 9.79. The van der Waals surface area contributed by atoms with Crippen molar-refractivity contribution in [2.45, 2.75) is 57.1 Å². The summed E-state index contributed by atoms with van der Waals surface area (Å²) in [5.41, 5.74) is -0.428. The molecule has 2 heterocycles. The van der Waals surface area contributed by atoms with E-state index in [9.17, 15) is 18.0 Å². The van der Waals surface area contributed by atoms with Crippen molar-refractivity contribution in [2.24, 2.45) is 5.41 Å². The zero-order chi connectivity index (χ0) is 31.0. The molecule has 0 amide bonds. The number of Topliss-reactive ketones (excluding diaryl/α,β-unsaturated/α-hetero) is 1. The number of esters is 1. The van der Waals surface area contributed by atoms with Crippen molar-refractivity contribution in [3.8, 4) is 11.5 Å². The van der Waals surface area contributed by atoms with E-state index in [0.717, 1.165) is 22.4 Å². The van der Waals surface area contributed by atoms with E-state index in [2.05, 4.69) is 0 Å². The Hall–Kier alpha value is -4.21. The van der Waals surface area contributed by atoms with Crippen molar-refractivity contribution in [2.75, 3.05) is 6.61 Å². The van der Waals surface area contributed by atoms with Gasteiger partial charge in [0.2, 0.25) is 0 Å². The fourth-order valence-corrected chi connectivity index (χ4v) is 5.94. The van der Waals surface area contributed by atoms with Gasteiger partial charge in [0.05, 0.1) is 17.8 Å². The molecule has 43 heavy (non-hydrogen) atoms. The van der Waals surface area contributed by atoms with Gasteiger partial charge in [0.25, 0.3) is 10.1 Å². The zero-order valence-electron chi connectivity index (χ0n) is 24.7. The molecular formula is C34H34O8S. The van der Waals surface area contributed by atoms with Crippen molar-refractivity contribution >= 4 is 27.9 Å². The van der Waals surface area contributed by atoms with Gasteiger partial charge in [-0.1, -0.05) is 54.6 Å². The highest BCUT2D eigenvalue weighted by atomic mass is 32.2. The Morgan fingerprint density at radius 3 is 2.33 bits per heavy atom. The second-order valence-corrected chi connectivity index (χ2v) is 13.5. The summed E-state index contributed by atoms with van der Waals surface area (Å²) in [6.45, 7) is 6.82. The second-order valence-electron chi connectivity index (χ2n) is 11.9. The number of benzene rings is 3. The third kappa shape index (κ3) is 6.00. The fraction of sp³-hybridized carbons (Fsp3) is 0.294. The molecule has 3 aromatic carbocycles. The van der Waals surface area contributed by atoms with E-state index in [1.165, 1.54) is 26.0 Å². The van der Waals surface area contributed by atoms with Crippen molar-refractivity contribution in [1.29, 1.82) is 0 Å². The Labute approximate surface area is 252 Å². The molecule has 3 aromatic rings. The summed E-state index contributed by atoms with van der Waals surface area (Å²) in [5.74, 6) is -0.0367. The molecule has 0 fully saturated rings. The van der Waals surface area contributed by atoms with Gasteiger partial charge in [-0.05, 0) is 70.5 Å². The van der Waals surface area contributed by atoms with Crippen LogP contribution in [0.4, 0.5) is 0 Å². The Balaban J connectivity index is 1.42. The number of carbonyl (C=O) groups excluding carboxylic acids is 2. The molecule has 5 rings (SSSR count). The number of hydrogen-bond acceptors (Lipinski definition) is 8. The van der Waals surface area contributed by atoms with E-state index in [4.69, 9.17) is 18.4 Å². The number of hydrogen-bond donors (Lipinski definition) is 0. The topological polar surface area (TPSA) is 105 Å². The van der Waals surface area contributed by atoms with Gasteiger partial charge in [0, 0.05) is 23.1 Å². The minimum atomic E-state index is -4.35. The number of fused-ring (bicyclic) bond motifs is 3. The minimum Gasteiger partial charge on any atom is -0.473 e. The molecule has 9 heteroatoms. The number of para-hydroxylation sites is 2. The van der Waals surface area contributed by atoms with E-state index in [-0.39, 0.29) is 4.90 Å². The Bertz CT molecular complexity index is 1750. The Morgan fingerprint density at radius 2 is 1.60 bits per heavy atom. The second kappa shape index (κ2) is 11.1. The molecule has 2 aliphatic rings. The van der Waals surface area contributed by atoms with Crippen LogP contribution in [0, 0.1) is 5.41 Å². The van der Waals surface area contributed by atoms with Crippen molar-refractivity contribution in [1.82, 2.24) is 0 Å². The molecule has 0 aliphatic carbocycles. The van der Waals surface area contributed by atoms with Crippen LogP contribution >= 0.6 is 0 Å². The van der Waals surface area contributed by atoms with Gasteiger partial charge in [-0.15, -0.1) is 0 Å². The van der Waals surface area contributed by atoms with Crippen LogP contribution in [0.5, 0.6) is 11.5 Å². The third-order valence-corrected chi connectivity index (χ3v) is 8.75. The van der Waals surface area contributed by atoms with Crippen molar-refractivity contribution < 1.29 is 36.4 Å². The Kier molecular flexibility index (Phi) is 7.83. The lowest BCUT2D eigenvalue weighted by Gasteiger charge is -2.40. The van der Waals surface area contributed by atoms with Gasteiger partial charge in [0.1, 0.15) is 28.3 Å². The molecule has 2 aliphatic heterocycles. The minimum absolute atomic E-state index is 0.114. The molecule has 0 N–H and O–H groups in total. The van der Waals surface area contributed by atoms with Gasteiger partial charge in [-0.25, -0.2) is 0 Å². The molecule has 0 saturated heterocycles. The van der Waals surface area contributed by atoms with E-state index < -0.39 is 45.1 Å². The van der Waals surface area contributed by atoms with Crippen LogP contribution in [0.25, 0.3) is 6.08 Å². The highest BCUT2D eigenvalue weighted by molar-refractivity contribution is 7.86. The maximum Gasteiger partial charge on any atom is 0.322 e. The molecule has 8 nitrogen and oxygen atoms in total. The monoisotopic (exact) mass is 602 g/mol. The summed E-state index contributed by atoms with van der Waals surface area (Å²) in [4.78, 5) is 25.1. The molecule has 1 spiro atoms. The first-order valence-corrected chi connectivity index (χ1v) is 15.3. The summed E-state index contributed by atoms with van der Waals surface area (Å²) in [6.07, 6.45) is 5.95. The smallest absolute Gasteiger partial charge is 0.322 e. The lowest BCUT2D eigenvalue weighted by Crippen LogP contribution is -2.44. The van der Waals surface area contributed by atoms with Crippen molar-refractivity contribution in [3.05, 3.63) is 107 Å². The highest BCUT2D eigenvalue weighted by Gasteiger charge is 2.45. The molecule has 0 radical (unpaired) electrons. The van der Waals surface area contributed by atoms with E-state index >= 15 is 0 Å². The first-order valence-electron chi connectivity index (χ1n) is 13.9. The van der Waals surface area contributed by atoms with Gasteiger partial charge < -0.3 is 14.2 Å². The van der Waals surface area contributed by atoms with Gasteiger partial charge in [-0.3, -0.25) is 13.8 Å². The fourth-order valence-electron chi connectivity index (χ4n) is 4.88. The molecule has 0 saturated carbocycles. The molecule has 0 aromatic heterocycles. The maximum absolute atomic E-state index is 13.3. The molecule has 2 atom stereocenters. The number of ketones is 1. The molecule has 2 unspecified atom stereocenters. The van der Waals surface area contributed by atoms with Crippen LogP contribution in [-0.2, 0) is 40.6 Å². The van der Waals surface area contributed by atoms with Gasteiger partial charge in [0.15, 0.2) is 5.60 Å². The SMILES string of the molecule is CC(=O)C(C)(COS(=O)(=O)c1cccc(CC2=COc3ccccc3C23C=Cc2ccccc2O3)c1)C(=O)OC(C)(C)C. The number of carbonyl (C=O) groups is 2. The first-order chi connectivity index (χ1) is 20.2. The quantitative estimate of drug-likeness (QED) is 0.172. The van der Waals surface area contributed by atoms with Crippen LogP contribution < -0.4 is 9.47 Å². The van der Waals surface area contributed by atoms with Crippen molar-refractivity contribution in [3.63, 3.8) is 0 Å². The summed E-state index contributed by atoms with van der Waals surface area (Å²) >= 11 is 0. The number of rotatable bonds is 8. The molecule has 224 valence electrons. The third-order valence-electron chi connectivity index (χ3n) is 7.49. The zero-order valence-corrected chi connectivity index (χ0v) is 25.6. The van der Waals surface area contributed by atoms with E-state index in [0.29, 0.717) is 17.7 Å². The molecular weight excluding hydrogens is 568 g/mol. The largest absolute Gasteiger partial charge is 0.473 e. The van der Waals surface area contributed by atoms with Crippen LogP contribution in [-0.4, -0.2) is 32.4 Å². The average Bonchev–Trinajstić information content (AvgIpc) is 2.96. The van der Waals surface area contributed by atoms with Crippen LogP contribution in [0.15, 0.2) is 95.6 Å². The first kappa shape index (κ1) is 30.3. The lowest BCUT2D eigenvalue weighted by molar-refractivity contribution is -0.170. The van der Waals surface area contributed by atoms with E-state index in [1.54, 1.807) is 39.2 Å². The Morgan fingerprint density at radius 1 is 0.907 bits per heavy atom. The van der Waals surface area contributed by atoms with Crippen LogP contribution in [0.3, 0.4) is 0 Å². The molecule has 0 bridgehead atoms. The summed E-state index contributed by atoms with van der Waals surface area (Å²) < 4.78 is 49.9. The van der Waals surface area contributed by atoms with Gasteiger partial charge >= 0.3 is 5.97 Å². The average molecular weight is 603 g/mol. The predicted molar refractivity (Wildman–Crippen MR) is 161 cm³/mol. The highest BCUT2D eigenvalue weighted by Crippen LogP contribution is 2.48. The summed E-state index contributed by atoms with van der Waals surface area (Å²) in [5, 5.41) is 0. The summed E-state index contributed by atoms with van der Waals surface area (Å²) in [6, 6.07) is 21.7.